The van der Waals surface area contributed by atoms with E-state index in [9.17, 15) is 14.8 Å². The van der Waals surface area contributed by atoms with Crippen LogP contribution in [-0.4, -0.2) is 52.8 Å². The molecular weight excluding hydrogens is 242 g/mol. The van der Waals surface area contributed by atoms with Crippen molar-refractivity contribution in [1.29, 1.82) is 0 Å². The summed E-state index contributed by atoms with van der Waals surface area (Å²) in [6.45, 7) is 5.55. The van der Waals surface area contributed by atoms with E-state index in [-0.39, 0.29) is 18.6 Å². The van der Waals surface area contributed by atoms with E-state index in [0.29, 0.717) is 10.8 Å². The second-order valence-electron chi connectivity index (χ2n) is 4.57. The molecule has 0 aliphatic rings. The Labute approximate surface area is 106 Å². The van der Waals surface area contributed by atoms with Crippen LogP contribution in [-0.2, 0) is 4.79 Å². The molecule has 0 rings (SSSR count). The molecule has 0 aromatic carbocycles. The van der Waals surface area contributed by atoms with Crippen molar-refractivity contribution in [1.82, 2.24) is 15.7 Å². The Kier molecular flexibility index (Phi) is 6.98. The van der Waals surface area contributed by atoms with Gasteiger partial charge in [-0.15, -0.1) is 0 Å². The molecule has 0 aromatic heterocycles. The zero-order valence-electron chi connectivity index (χ0n) is 10.7. The average molecular weight is 263 g/mol. The number of hydrogen-bond acceptors (Lipinski definition) is 4. The highest BCUT2D eigenvalue weighted by atomic mass is 32.2. The van der Waals surface area contributed by atoms with Gasteiger partial charge in [0.05, 0.1) is 6.54 Å². The third kappa shape index (κ3) is 8.82. The Hall–Kier alpha value is -0.950. The number of amides is 3. The summed E-state index contributed by atoms with van der Waals surface area (Å²) < 4.78 is 0. The lowest BCUT2D eigenvalue weighted by Gasteiger charge is -2.21. The van der Waals surface area contributed by atoms with E-state index in [1.807, 2.05) is 27.0 Å². The fourth-order valence-corrected chi connectivity index (χ4v) is 1.29. The topological polar surface area (TPSA) is 81.7 Å². The number of rotatable bonds is 5. The molecule has 6 nitrogen and oxygen atoms in total. The van der Waals surface area contributed by atoms with Gasteiger partial charge < -0.3 is 10.6 Å². The standard InChI is InChI=1S/C10H21N3O3S/c1-10(2,3)12-9(15)11-7-8(14)13(16)5-6-17-4/h16H,5-7H2,1-4H3,(H2,11,12,15). The molecule has 100 valence electrons. The van der Waals surface area contributed by atoms with Gasteiger partial charge in [0.1, 0.15) is 6.54 Å². The van der Waals surface area contributed by atoms with Crippen LogP contribution in [0.2, 0.25) is 0 Å². The van der Waals surface area contributed by atoms with Gasteiger partial charge in [0.2, 0.25) is 0 Å². The first-order valence-electron chi connectivity index (χ1n) is 5.30. The Morgan fingerprint density at radius 2 is 1.94 bits per heavy atom. The van der Waals surface area contributed by atoms with Crippen LogP contribution < -0.4 is 10.6 Å². The molecular formula is C10H21N3O3S. The van der Waals surface area contributed by atoms with Gasteiger partial charge >= 0.3 is 6.03 Å². The molecule has 7 heteroatoms. The number of nitrogens with zero attached hydrogens (tertiary/aromatic N) is 1. The SMILES string of the molecule is CSCCN(O)C(=O)CNC(=O)NC(C)(C)C. The average Bonchev–Trinajstić information content (AvgIpc) is 2.20. The first-order chi connectivity index (χ1) is 7.76. The van der Waals surface area contributed by atoms with Crippen molar-refractivity contribution in [2.45, 2.75) is 26.3 Å². The van der Waals surface area contributed by atoms with Crippen LogP contribution in [0.25, 0.3) is 0 Å². The summed E-state index contributed by atoms with van der Waals surface area (Å²) in [4.78, 5) is 22.7. The molecule has 0 aliphatic heterocycles. The summed E-state index contributed by atoms with van der Waals surface area (Å²) in [5.74, 6) is 0.124. The molecule has 17 heavy (non-hydrogen) atoms. The molecule has 0 atom stereocenters. The van der Waals surface area contributed by atoms with Crippen LogP contribution in [0.1, 0.15) is 20.8 Å². The highest BCUT2D eigenvalue weighted by Gasteiger charge is 2.15. The maximum Gasteiger partial charge on any atom is 0.315 e. The van der Waals surface area contributed by atoms with Crippen LogP contribution in [0.15, 0.2) is 0 Å². The van der Waals surface area contributed by atoms with E-state index >= 15 is 0 Å². The van der Waals surface area contributed by atoms with E-state index in [4.69, 9.17) is 0 Å². The second-order valence-corrected chi connectivity index (χ2v) is 5.55. The molecule has 0 unspecified atom stereocenters. The van der Waals surface area contributed by atoms with Gasteiger partial charge in [-0.2, -0.15) is 11.8 Å². The van der Waals surface area contributed by atoms with Crippen LogP contribution in [0.4, 0.5) is 4.79 Å². The van der Waals surface area contributed by atoms with E-state index in [1.54, 1.807) is 0 Å². The third-order valence-electron chi connectivity index (χ3n) is 1.68. The third-order valence-corrected chi connectivity index (χ3v) is 2.27. The molecule has 0 aromatic rings. The second kappa shape index (κ2) is 7.39. The summed E-state index contributed by atoms with van der Waals surface area (Å²) in [5, 5.41) is 15.0. The van der Waals surface area contributed by atoms with Crippen LogP contribution in [0.3, 0.4) is 0 Å². The minimum absolute atomic E-state index is 0.215. The zero-order chi connectivity index (χ0) is 13.5. The van der Waals surface area contributed by atoms with Gasteiger partial charge in [0, 0.05) is 11.3 Å². The smallest absolute Gasteiger partial charge is 0.315 e. The monoisotopic (exact) mass is 263 g/mol. The van der Waals surface area contributed by atoms with E-state index in [1.165, 1.54) is 11.8 Å². The van der Waals surface area contributed by atoms with Gasteiger partial charge in [0.15, 0.2) is 0 Å². The molecule has 0 radical (unpaired) electrons. The molecule has 0 saturated carbocycles. The maximum absolute atomic E-state index is 11.3. The Morgan fingerprint density at radius 1 is 1.35 bits per heavy atom. The van der Waals surface area contributed by atoms with Gasteiger partial charge in [-0.25, -0.2) is 9.86 Å². The molecule has 0 heterocycles. The molecule has 0 spiro atoms. The fourth-order valence-electron chi connectivity index (χ4n) is 0.934. The van der Waals surface area contributed by atoms with Crippen molar-refractivity contribution in [2.75, 3.05) is 25.1 Å². The predicted octanol–water partition coefficient (Wildman–Crippen LogP) is 0.665. The Bertz CT molecular complexity index is 266. The number of thioether (sulfide) groups is 1. The molecule has 0 aliphatic carbocycles. The molecule has 3 N–H and O–H groups in total. The zero-order valence-corrected chi connectivity index (χ0v) is 11.6. The summed E-state index contributed by atoms with van der Waals surface area (Å²) in [7, 11) is 0. The number of nitrogens with one attached hydrogen (secondary N) is 2. The van der Waals surface area contributed by atoms with Gasteiger partial charge in [-0.05, 0) is 27.0 Å². The maximum atomic E-state index is 11.3. The summed E-state index contributed by atoms with van der Waals surface area (Å²) in [6.07, 6.45) is 1.88. The van der Waals surface area contributed by atoms with Crippen molar-refractivity contribution >= 4 is 23.7 Å². The predicted molar refractivity (Wildman–Crippen MR) is 68.2 cm³/mol. The molecule has 0 saturated heterocycles. The molecule has 0 bridgehead atoms. The Balaban J connectivity index is 3.87. The number of hydrogen-bond donors (Lipinski definition) is 3. The minimum atomic E-state index is -0.525. The van der Waals surface area contributed by atoms with Crippen molar-refractivity contribution in [3.05, 3.63) is 0 Å². The molecule has 3 amide bonds. The highest BCUT2D eigenvalue weighted by molar-refractivity contribution is 7.98. The minimum Gasteiger partial charge on any atom is -0.334 e. The van der Waals surface area contributed by atoms with Crippen LogP contribution in [0.5, 0.6) is 0 Å². The van der Waals surface area contributed by atoms with Gasteiger partial charge in [-0.1, -0.05) is 0 Å². The summed E-state index contributed by atoms with van der Waals surface area (Å²) in [5.41, 5.74) is -0.356. The van der Waals surface area contributed by atoms with Crippen LogP contribution >= 0.6 is 11.8 Å². The van der Waals surface area contributed by atoms with Crippen molar-refractivity contribution < 1.29 is 14.8 Å². The number of urea groups is 1. The van der Waals surface area contributed by atoms with E-state index in [0.717, 1.165) is 0 Å². The first-order valence-corrected chi connectivity index (χ1v) is 6.70. The lowest BCUT2D eigenvalue weighted by Crippen LogP contribution is -2.49. The Morgan fingerprint density at radius 3 is 2.41 bits per heavy atom. The number of carbonyl (C=O) groups is 2. The van der Waals surface area contributed by atoms with Crippen molar-refractivity contribution in [3.63, 3.8) is 0 Å². The van der Waals surface area contributed by atoms with E-state index in [2.05, 4.69) is 10.6 Å². The van der Waals surface area contributed by atoms with Gasteiger partial charge in [-0.3, -0.25) is 10.0 Å². The van der Waals surface area contributed by atoms with E-state index < -0.39 is 11.9 Å². The largest absolute Gasteiger partial charge is 0.334 e. The fraction of sp³-hybridized carbons (Fsp3) is 0.800. The number of hydroxylamine groups is 2. The number of carbonyl (C=O) groups excluding carboxylic acids is 2. The summed E-state index contributed by atoms with van der Waals surface area (Å²) >= 11 is 1.53. The van der Waals surface area contributed by atoms with Crippen LogP contribution in [0, 0.1) is 0 Å². The van der Waals surface area contributed by atoms with Crippen molar-refractivity contribution in [2.24, 2.45) is 0 Å². The first kappa shape index (κ1) is 16.1. The van der Waals surface area contributed by atoms with Crippen molar-refractivity contribution in [3.8, 4) is 0 Å². The highest BCUT2D eigenvalue weighted by Crippen LogP contribution is 1.97. The summed E-state index contributed by atoms with van der Waals surface area (Å²) in [6, 6.07) is -0.427. The lowest BCUT2D eigenvalue weighted by molar-refractivity contribution is -0.162. The van der Waals surface area contributed by atoms with Gasteiger partial charge in [0.25, 0.3) is 5.91 Å². The normalized spacial score (nSPS) is 10.9. The lowest BCUT2D eigenvalue weighted by atomic mass is 10.1. The quantitative estimate of drug-likeness (QED) is 0.503. The molecule has 0 fully saturated rings.